The number of benzene rings is 1. The summed E-state index contributed by atoms with van der Waals surface area (Å²) in [4.78, 5) is 21.6. The number of nitrogens with zero attached hydrogens (tertiary/aromatic N) is 5. The number of rotatable bonds is 4. The van der Waals surface area contributed by atoms with E-state index in [0.717, 1.165) is 38.4 Å². The molecule has 28 heavy (non-hydrogen) atoms. The van der Waals surface area contributed by atoms with E-state index < -0.39 is 0 Å². The Hall–Kier alpha value is -2.72. The Morgan fingerprint density at radius 1 is 1.00 bits per heavy atom. The zero-order chi connectivity index (χ0) is 19.5. The highest BCUT2D eigenvalue weighted by Crippen LogP contribution is 2.13. The van der Waals surface area contributed by atoms with Gasteiger partial charge in [-0.15, -0.1) is 0 Å². The van der Waals surface area contributed by atoms with Gasteiger partial charge >= 0.3 is 0 Å². The van der Waals surface area contributed by atoms with E-state index in [1.165, 1.54) is 9.96 Å². The number of aromatic nitrogens is 2. The van der Waals surface area contributed by atoms with Crippen LogP contribution < -0.4 is 5.56 Å². The van der Waals surface area contributed by atoms with Gasteiger partial charge in [-0.3, -0.25) is 19.0 Å². The summed E-state index contributed by atoms with van der Waals surface area (Å²) in [7, 11) is 0. The molecule has 0 N–H and O–H groups in total. The lowest BCUT2D eigenvalue weighted by Crippen LogP contribution is -2.45. The van der Waals surface area contributed by atoms with Gasteiger partial charge in [0.2, 0.25) is 0 Å². The van der Waals surface area contributed by atoms with E-state index in [9.17, 15) is 4.79 Å². The molecular formula is C21H20ClN5O. The molecule has 1 saturated heterocycles. The third-order valence-electron chi connectivity index (χ3n) is 5.02. The minimum Gasteiger partial charge on any atom is -0.297 e. The molecule has 4 rings (SSSR count). The second kappa shape index (κ2) is 8.11. The predicted octanol–water partition coefficient (Wildman–Crippen LogP) is 2.54. The van der Waals surface area contributed by atoms with Gasteiger partial charge in [-0.05, 0) is 29.8 Å². The first-order valence-electron chi connectivity index (χ1n) is 9.22. The fourth-order valence-electron chi connectivity index (χ4n) is 3.48. The van der Waals surface area contributed by atoms with E-state index in [1.807, 2.05) is 24.3 Å². The molecule has 1 fully saturated rings. The normalized spacial score (nSPS) is 15.6. The maximum Gasteiger partial charge on any atom is 0.258 e. The van der Waals surface area contributed by atoms with Crippen LogP contribution in [-0.4, -0.2) is 45.4 Å². The Balaban J connectivity index is 1.36. The monoisotopic (exact) mass is 393 g/mol. The van der Waals surface area contributed by atoms with Crippen LogP contribution in [-0.2, 0) is 13.1 Å². The molecule has 0 atom stereocenters. The van der Waals surface area contributed by atoms with Gasteiger partial charge < -0.3 is 0 Å². The lowest BCUT2D eigenvalue weighted by Gasteiger charge is -2.34. The molecule has 3 heterocycles. The van der Waals surface area contributed by atoms with Crippen molar-refractivity contribution in [2.45, 2.75) is 13.1 Å². The molecule has 0 amide bonds. The standard InChI is InChI=1S/C21H20ClN5O/c22-18-5-6-20-24-19(11-21(28)27(20)14-18)15-26-9-7-25(8-10-26)13-17-3-1-16(12-23)2-4-17/h1-6,11,14H,7-10,13,15H2. The van der Waals surface area contributed by atoms with Crippen molar-refractivity contribution >= 4 is 17.2 Å². The molecule has 0 aliphatic carbocycles. The molecular weight excluding hydrogens is 374 g/mol. The van der Waals surface area contributed by atoms with Crippen molar-refractivity contribution in [3.05, 3.63) is 80.9 Å². The number of pyridine rings is 1. The largest absolute Gasteiger partial charge is 0.297 e. The van der Waals surface area contributed by atoms with Crippen LogP contribution in [0.15, 0.2) is 53.5 Å². The van der Waals surface area contributed by atoms with E-state index in [2.05, 4.69) is 20.9 Å². The predicted molar refractivity (Wildman–Crippen MR) is 108 cm³/mol. The molecule has 0 unspecified atom stereocenters. The minimum atomic E-state index is -0.109. The molecule has 0 bridgehead atoms. The first-order valence-corrected chi connectivity index (χ1v) is 9.60. The molecule has 7 heteroatoms. The Labute approximate surface area is 168 Å². The van der Waals surface area contributed by atoms with Crippen molar-refractivity contribution < 1.29 is 0 Å². The van der Waals surface area contributed by atoms with Crippen molar-refractivity contribution in [1.29, 1.82) is 5.26 Å². The summed E-state index contributed by atoms with van der Waals surface area (Å²) in [6.45, 7) is 5.33. The molecule has 142 valence electrons. The highest BCUT2D eigenvalue weighted by atomic mass is 35.5. The molecule has 1 aliphatic rings. The van der Waals surface area contributed by atoms with E-state index >= 15 is 0 Å². The number of piperazine rings is 1. The van der Waals surface area contributed by atoms with Gasteiger partial charge in [0, 0.05) is 51.5 Å². The number of hydrogen-bond donors (Lipinski definition) is 0. The third kappa shape index (κ3) is 4.23. The Morgan fingerprint density at radius 2 is 1.68 bits per heavy atom. The van der Waals surface area contributed by atoms with Crippen LogP contribution in [0.3, 0.4) is 0 Å². The number of halogens is 1. The van der Waals surface area contributed by atoms with Crippen LogP contribution in [0.2, 0.25) is 5.02 Å². The third-order valence-corrected chi connectivity index (χ3v) is 5.24. The van der Waals surface area contributed by atoms with Crippen LogP contribution in [0.4, 0.5) is 0 Å². The molecule has 1 aromatic carbocycles. The fourth-order valence-corrected chi connectivity index (χ4v) is 3.65. The van der Waals surface area contributed by atoms with E-state index in [4.69, 9.17) is 16.9 Å². The summed E-state index contributed by atoms with van der Waals surface area (Å²) in [6.07, 6.45) is 1.60. The first kappa shape index (κ1) is 18.6. The summed E-state index contributed by atoms with van der Waals surface area (Å²) < 4.78 is 1.47. The van der Waals surface area contributed by atoms with Gasteiger partial charge in [0.15, 0.2) is 0 Å². The smallest absolute Gasteiger partial charge is 0.258 e. The Kier molecular flexibility index (Phi) is 5.40. The maximum atomic E-state index is 12.3. The van der Waals surface area contributed by atoms with Gasteiger partial charge in [-0.2, -0.15) is 5.26 Å². The summed E-state index contributed by atoms with van der Waals surface area (Å²) in [5.41, 5.74) is 3.20. The van der Waals surface area contributed by atoms with Crippen LogP contribution in [0.5, 0.6) is 0 Å². The number of hydrogen-bond acceptors (Lipinski definition) is 5. The van der Waals surface area contributed by atoms with Crippen LogP contribution >= 0.6 is 11.6 Å². The molecule has 0 saturated carbocycles. The summed E-state index contributed by atoms with van der Waals surface area (Å²) in [6, 6.07) is 15.0. The van der Waals surface area contributed by atoms with Crippen molar-refractivity contribution in [3.63, 3.8) is 0 Å². The van der Waals surface area contributed by atoms with Crippen LogP contribution in [0.1, 0.15) is 16.8 Å². The van der Waals surface area contributed by atoms with Crippen molar-refractivity contribution in [1.82, 2.24) is 19.2 Å². The fraction of sp³-hybridized carbons (Fsp3) is 0.286. The highest BCUT2D eigenvalue weighted by molar-refractivity contribution is 6.30. The van der Waals surface area contributed by atoms with Gasteiger partial charge in [0.25, 0.3) is 5.56 Å². The average Bonchev–Trinajstić information content (AvgIpc) is 2.71. The van der Waals surface area contributed by atoms with Gasteiger partial charge in [-0.1, -0.05) is 23.7 Å². The second-order valence-corrected chi connectivity index (χ2v) is 7.46. The van der Waals surface area contributed by atoms with Gasteiger partial charge in [0.05, 0.1) is 22.3 Å². The van der Waals surface area contributed by atoms with Crippen LogP contribution in [0, 0.1) is 11.3 Å². The number of fused-ring (bicyclic) bond motifs is 1. The Bertz CT molecular complexity index is 1080. The lowest BCUT2D eigenvalue weighted by molar-refractivity contribution is 0.121. The summed E-state index contributed by atoms with van der Waals surface area (Å²) in [5.74, 6) is 0. The van der Waals surface area contributed by atoms with Gasteiger partial charge in [-0.25, -0.2) is 4.98 Å². The number of nitriles is 1. The van der Waals surface area contributed by atoms with Gasteiger partial charge in [0.1, 0.15) is 5.65 Å². The van der Waals surface area contributed by atoms with E-state index in [1.54, 1.807) is 24.4 Å². The topological polar surface area (TPSA) is 64.6 Å². The minimum absolute atomic E-state index is 0.109. The quantitative estimate of drug-likeness (QED) is 0.681. The zero-order valence-corrected chi connectivity index (χ0v) is 16.1. The molecule has 0 radical (unpaired) electrons. The van der Waals surface area contributed by atoms with Crippen LogP contribution in [0.25, 0.3) is 5.65 Å². The van der Waals surface area contributed by atoms with Crippen molar-refractivity contribution in [2.75, 3.05) is 26.2 Å². The summed E-state index contributed by atoms with van der Waals surface area (Å²) >= 11 is 5.96. The van der Waals surface area contributed by atoms with Crippen molar-refractivity contribution in [2.24, 2.45) is 0 Å². The molecule has 0 spiro atoms. The van der Waals surface area contributed by atoms with Crippen molar-refractivity contribution in [3.8, 4) is 6.07 Å². The highest BCUT2D eigenvalue weighted by Gasteiger charge is 2.18. The Morgan fingerprint density at radius 3 is 2.36 bits per heavy atom. The van der Waals surface area contributed by atoms with E-state index in [-0.39, 0.29) is 5.56 Å². The molecule has 2 aromatic heterocycles. The molecule has 1 aliphatic heterocycles. The maximum absolute atomic E-state index is 12.3. The zero-order valence-electron chi connectivity index (χ0n) is 15.4. The molecule has 3 aromatic rings. The molecule has 6 nitrogen and oxygen atoms in total. The SMILES string of the molecule is N#Cc1ccc(CN2CCN(Cc3cc(=O)n4cc(Cl)ccc4n3)CC2)cc1. The first-order chi connectivity index (χ1) is 13.6. The second-order valence-electron chi connectivity index (χ2n) is 7.02. The average molecular weight is 394 g/mol. The summed E-state index contributed by atoms with van der Waals surface area (Å²) in [5, 5.41) is 9.41. The lowest BCUT2D eigenvalue weighted by atomic mass is 10.1. The van der Waals surface area contributed by atoms with E-state index in [0.29, 0.717) is 22.8 Å².